The van der Waals surface area contributed by atoms with Crippen LogP contribution < -0.4 is 21.3 Å². The molecule has 2 saturated heterocycles. The maximum Gasteiger partial charge on any atom is 0.315 e. The lowest BCUT2D eigenvalue weighted by atomic mass is 10.1. The van der Waals surface area contributed by atoms with Gasteiger partial charge in [-0.25, -0.2) is 4.79 Å². The van der Waals surface area contributed by atoms with Crippen molar-refractivity contribution in [1.82, 2.24) is 21.3 Å². The van der Waals surface area contributed by atoms with E-state index in [0.717, 1.165) is 39.0 Å². The van der Waals surface area contributed by atoms with E-state index in [1.807, 2.05) is 0 Å². The number of amides is 2. The van der Waals surface area contributed by atoms with Crippen molar-refractivity contribution >= 4 is 6.03 Å². The van der Waals surface area contributed by atoms with Crippen LogP contribution in [0, 0.1) is 0 Å². The highest BCUT2D eigenvalue weighted by Crippen LogP contribution is 2.03. The molecule has 2 aliphatic heterocycles. The first-order chi connectivity index (χ1) is 7.84. The molecular weight excluding hydrogens is 204 g/mol. The Kier molecular flexibility index (Phi) is 4.42. The number of urea groups is 1. The third kappa shape index (κ3) is 3.64. The summed E-state index contributed by atoms with van der Waals surface area (Å²) in [5.41, 5.74) is 0. The molecule has 2 aliphatic rings. The second kappa shape index (κ2) is 6.06. The van der Waals surface area contributed by atoms with Crippen LogP contribution >= 0.6 is 0 Å². The molecule has 92 valence electrons. The normalized spacial score (nSPS) is 30.0. The Labute approximate surface area is 96.7 Å². The largest absolute Gasteiger partial charge is 0.337 e. The fourth-order valence-electron chi connectivity index (χ4n) is 2.36. The summed E-state index contributed by atoms with van der Waals surface area (Å²) in [5.74, 6) is 0. The molecule has 2 amide bonds. The minimum atomic E-state index is -0.0256. The molecule has 5 heteroatoms. The molecule has 0 aromatic carbocycles. The van der Waals surface area contributed by atoms with E-state index < -0.39 is 0 Å². The molecule has 2 rings (SSSR count). The Morgan fingerprint density at radius 3 is 2.81 bits per heavy atom. The summed E-state index contributed by atoms with van der Waals surface area (Å²) >= 11 is 0. The molecule has 0 bridgehead atoms. The lowest BCUT2D eigenvalue weighted by Crippen LogP contribution is -2.50. The second-order valence-electron chi connectivity index (χ2n) is 4.69. The van der Waals surface area contributed by atoms with Crippen LogP contribution in [0.4, 0.5) is 4.79 Å². The first-order valence-corrected chi connectivity index (χ1v) is 6.33. The van der Waals surface area contributed by atoms with Crippen molar-refractivity contribution in [3.63, 3.8) is 0 Å². The van der Waals surface area contributed by atoms with Crippen molar-refractivity contribution in [3.8, 4) is 0 Å². The molecule has 2 atom stereocenters. The van der Waals surface area contributed by atoms with E-state index in [1.54, 1.807) is 0 Å². The number of rotatable bonds is 3. The zero-order valence-corrected chi connectivity index (χ0v) is 9.72. The van der Waals surface area contributed by atoms with Gasteiger partial charge in [-0.15, -0.1) is 0 Å². The molecule has 2 heterocycles. The molecule has 0 aliphatic carbocycles. The van der Waals surface area contributed by atoms with E-state index in [4.69, 9.17) is 0 Å². The van der Waals surface area contributed by atoms with Gasteiger partial charge >= 0.3 is 6.03 Å². The number of carbonyl (C=O) groups excluding carboxylic acids is 1. The maximum atomic E-state index is 11.6. The third-order valence-corrected chi connectivity index (χ3v) is 3.30. The number of carbonyl (C=O) groups is 1. The second-order valence-corrected chi connectivity index (χ2v) is 4.69. The first kappa shape index (κ1) is 11.7. The lowest BCUT2D eigenvalue weighted by Gasteiger charge is -2.24. The molecule has 0 radical (unpaired) electrons. The summed E-state index contributed by atoms with van der Waals surface area (Å²) < 4.78 is 0. The molecule has 0 spiro atoms. The standard InChI is InChI=1S/C11H22N4O/c16-11(14-8-9-3-2-6-13-9)15-10-4-1-5-12-7-10/h9-10,12-13H,1-8H2,(H2,14,15,16). The van der Waals surface area contributed by atoms with E-state index in [9.17, 15) is 4.79 Å². The predicted octanol–water partition coefficient (Wildman–Crippen LogP) is -0.210. The SMILES string of the molecule is O=C(NCC1CCCN1)NC1CCCNC1. The van der Waals surface area contributed by atoms with Gasteiger partial charge in [0, 0.05) is 25.2 Å². The third-order valence-electron chi connectivity index (χ3n) is 3.30. The van der Waals surface area contributed by atoms with Gasteiger partial charge in [0.1, 0.15) is 0 Å². The fraction of sp³-hybridized carbons (Fsp3) is 0.909. The summed E-state index contributed by atoms with van der Waals surface area (Å²) in [5, 5.41) is 12.6. The van der Waals surface area contributed by atoms with Crippen LogP contribution in [0.15, 0.2) is 0 Å². The molecule has 0 aromatic heterocycles. The Balaban J connectivity index is 1.59. The van der Waals surface area contributed by atoms with Crippen molar-refractivity contribution in [2.45, 2.75) is 37.8 Å². The van der Waals surface area contributed by atoms with Crippen LogP contribution in [0.3, 0.4) is 0 Å². The highest BCUT2D eigenvalue weighted by molar-refractivity contribution is 5.74. The van der Waals surface area contributed by atoms with Crippen LogP contribution in [0.5, 0.6) is 0 Å². The number of nitrogens with one attached hydrogen (secondary N) is 4. The van der Waals surface area contributed by atoms with E-state index >= 15 is 0 Å². The minimum absolute atomic E-state index is 0.0256. The lowest BCUT2D eigenvalue weighted by molar-refractivity contribution is 0.233. The average Bonchev–Trinajstić information content (AvgIpc) is 2.81. The van der Waals surface area contributed by atoms with Gasteiger partial charge in [0.2, 0.25) is 0 Å². The topological polar surface area (TPSA) is 65.2 Å². The molecule has 2 fully saturated rings. The minimum Gasteiger partial charge on any atom is -0.337 e. The van der Waals surface area contributed by atoms with Gasteiger partial charge in [-0.3, -0.25) is 0 Å². The van der Waals surface area contributed by atoms with E-state index in [0.29, 0.717) is 12.1 Å². The van der Waals surface area contributed by atoms with Crippen molar-refractivity contribution in [3.05, 3.63) is 0 Å². The number of piperidine rings is 1. The first-order valence-electron chi connectivity index (χ1n) is 6.33. The Morgan fingerprint density at radius 2 is 2.12 bits per heavy atom. The van der Waals surface area contributed by atoms with E-state index in [2.05, 4.69) is 21.3 Å². The molecule has 2 unspecified atom stereocenters. The molecule has 0 aromatic rings. The van der Waals surface area contributed by atoms with Crippen molar-refractivity contribution in [2.75, 3.05) is 26.2 Å². The highest BCUT2D eigenvalue weighted by Gasteiger charge is 2.17. The highest BCUT2D eigenvalue weighted by atomic mass is 16.2. The van der Waals surface area contributed by atoms with Crippen molar-refractivity contribution < 1.29 is 4.79 Å². The van der Waals surface area contributed by atoms with Crippen LogP contribution in [0.1, 0.15) is 25.7 Å². The summed E-state index contributed by atoms with van der Waals surface area (Å²) in [4.78, 5) is 11.6. The molecule has 16 heavy (non-hydrogen) atoms. The zero-order chi connectivity index (χ0) is 11.2. The Bertz CT molecular complexity index is 222. The molecular formula is C11H22N4O. The summed E-state index contributed by atoms with van der Waals surface area (Å²) in [7, 11) is 0. The summed E-state index contributed by atoms with van der Waals surface area (Å²) in [6.45, 7) is 3.80. The summed E-state index contributed by atoms with van der Waals surface area (Å²) in [6.07, 6.45) is 4.63. The van der Waals surface area contributed by atoms with Gasteiger partial charge in [-0.2, -0.15) is 0 Å². The van der Waals surface area contributed by atoms with Gasteiger partial charge in [0.25, 0.3) is 0 Å². The zero-order valence-electron chi connectivity index (χ0n) is 9.72. The van der Waals surface area contributed by atoms with Crippen LogP contribution in [-0.4, -0.2) is 44.3 Å². The van der Waals surface area contributed by atoms with E-state index in [-0.39, 0.29) is 6.03 Å². The monoisotopic (exact) mass is 226 g/mol. The molecule has 0 saturated carbocycles. The molecule has 5 nitrogen and oxygen atoms in total. The summed E-state index contributed by atoms with van der Waals surface area (Å²) in [6, 6.07) is 0.739. The molecule has 4 N–H and O–H groups in total. The fourth-order valence-corrected chi connectivity index (χ4v) is 2.36. The quantitative estimate of drug-likeness (QED) is 0.538. The van der Waals surface area contributed by atoms with E-state index in [1.165, 1.54) is 12.8 Å². The van der Waals surface area contributed by atoms with Crippen molar-refractivity contribution in [1.29, 1.82) is 0 Å². The Hall–Kier alpha value is -0.810. The number of hydrogen-bond acceptors (Lipinski definition) is 3. The Morgan fingerprint density at radius 1 is 1.25 bits per heavy atom. The van der Waals surface area contributed by atoms with Crippen LogP contribution in [0.25, 0.3) is 0 Å². The van der Waals surface area contributed by atoms with Crippen LogP contribution in [-0.2, 0) is 0 Å². The predicted molar refractivity (Wildman–Crippen MR) is 63.5 cm³/mol. The van der Waals surface area contributed by atoms with Gasteiger partial charge in [-0.1, -0.05) is 0 Å². The van der Waals surface area contributed by atoms with Gasteiger partial charge in [0.05, 0.1) is 0 Å². The van der Waals surface area contributed by atoms with Crippen molar-refractivity contribution in [2.24, 2.45) is 0 Å². The average molecular weight is 226 g/mol. The van der Waals surface area contributed by atoms with Gasteiger partial charge in [0.15, 0.2) is 0 Å². The van der Waals surface area contributed by atoms with Gasteiger partial charge in [-0.05, 0) is 38.8 Å². The van der Waals surface area contributed by atoms with Crippen LogP contribution in [0.2, 0.25) is 0 Å². The number of hydrogen-bond donors (Lipinski definition) is 4. The van der Waals surface area contributed by atoms with Gasteiger partial charge < -0.3 is 21.3 Å². The maximum absolute atomic E-state index is 11.6. The smallest absolute Gasteiger partial charge is 0.315 e.